The van der Waals surface area contributed by atoms with E-state index in [0.717, 1.165) is 37.2 Å². The highest BCUT2D eigenvalue weighted by atomic mass is 16.5. The van der Waals surface area contributed by atoms with Crippen molar-refractivity contribution in [1.82, 2.24) is 15.5 Å². The lowest BCUT2D eigenvalue weighted by Gasteiger charge is -2.25. The van der Waals surface area contributed by atoms with Crippen molar-refractivity contribution >= 4 is 11.4 Å². The lowest BCUT2D eigenvalue weighted by atomic mass is 10.1. The normalized spacial score (nSPS) is 17.2. The molecule has 7 nitrogen and oxygen atoms in total. The first kappa shape index (κ1) is 15.7. The SMILES string of the molecule is [C-]#[N+]c1c(N2Cc3cccc(OC4CCNCC4)c3C2)cn[nH]c1=O. The van der Waals surface area contributed by atoms with Gasteiger partial charge in [-0.1, -0.05) is 12.1 Å². The van der Waals surface area contributed by atoms with Crippen LogP contribution in [0, 0.1) is 6.57 Å². The summed E-state index contributed by atoms with van der Waals surface area (Å²) in [4.78, 5) is 17.2. The predicted octanol–water partition coefficient (Wildman–Crippen LogP) is 1.97. The van der Waals surface area contributed by atoms with Crippen molar-refractivity contribution in [1.29, 1.82) is 0 Å². The zero-order chi connectivity index (χ0) is 17.2. The summed E-state index contributed by atoms with van der Waals surface area (Å²) in [6, 6.07) is 6.09. The largest absolute Gasteiger partial charge is 0.490 e. The molecule has 0 spiro atoms. The fourth-order valence-corrected chi connectivity index (χ4v) is 3.49. The van der Waals surface area contributed by atoms with Gasteiger partial charge in [0, 0.05) is 18.7 Å². The lowest BCUT2D eigenvalue weighted by molar-refractivity contribution is 0.161. The summed E-state index contributed by atoms with van der Waals surface area (Å²) < 4.78 is 6.25. The molecule has 0 radical (unpaired) electrons. The number of anilines is 1. The van der Waals surface area contributed by atoms with Gasteiger partial charge in [0.2, 0.25) is 0 Å². The number of H-pyrrole nitrogens is 1. The van der Waals surface area contributed by atoms with Crippen molar-refractivity contribution in [3.63, 3.8) is 0 Å². The van der Waals surface area contributed by atoms with Gasteiger partial charge in [0.15, 0.2) is 0 Å². The number of hydrogen-bond acceptors (Lipinski definition) is 5. The summed E-state index contributed by atoms with van der Waals surface area (Å²) in [7, 11) is 0. The van der Waals surface area contributed by atoms with Gasteiger partial charge in [-0.05, 0) is 37.6 Å². The van der Waals surface area contributed by atoms with Gasteiger partial charge in [0.25, 0.3) is 11.2 Å². The van der Waals surface area contributed by atoms with E-state index in [4.69, 9.17) is 11.3 Å². The number of ether oxygens (including phenoxy) is 1. The third kappa shape index (κ3) is 2.96. The van der Waals surface area contributed by atoms with Crippen LogP contribution in [0.15, 0.2) is 29.2 Å². The molecule has 0 amide bonds. The van der Waals surface area contributed by atoms with E-state index >= 15 is 0 Å². The van der Waals surface area contributed by atoms with Crippen molar-refractivity contribution in [2.45, 2.75) is 32.0 Å². The van der Waals surface area contributed by atoms with E-state index in [-0.39, 0.29) is 11.8 Å². The molecule has 1 aromatic heterocycles. The summed E-state index contributed by atoms with van der Waals surface area (Å²) in [5.41, 5.74) is 2.51. The van der Waals surface area contributed by atoms with Crippen molar-refractivity contribution in [3.8, 4) is 5.75 Å². The van der Waals surface area contributed by atoms with Gasteiger partial charge in [0.1, 0.15) is 11.9 Å². The van der Waals surface area contributed by atoms with E-state index in [0.29, 0.717) is 18.8 Å². The Labute approximate surface area is 145 Å². The smallest absolute Gasteiger partial charge is 0.275 e. The van der Waals surface area contributed by atoms with Gasteiger partial charge in [0.05, 0.1) is 18.5 Å². The van der Waals surface area contributed by atoms with Crippen LogP contribution >= 0.6 is 0 Å². The summed E-state index contributed by atoms with van der Waals surface area (Å²) in [6.45, 7) is 10.5. The molecule has 2 aliphatic heterocycles. The summed E-state index contributed by atoms with van der Waals surface area (Å²) in [6.07, 6.45) is 3.80. The average molecular weight is 337 g/mol. The van der Waals surface area contributed by atoms with Crippen molar-refractivity contribution in [3.05, 3.63) is 57.3 Å². The van der Waals surface area contributed by atoms with Crippen LogP contribution < -0.4 is 20.5 Å². The van der Waals surface area contributed by atoms with E-state index in [1.165, 1.54) is 5.56 Å². The second kappa shape index (κ2) is 6.57. The van der Waals surface area contributed by atoms with E-state index in [9.17, 15) is 4.79 Å². The highest BCUT2D eigenvalue weighted by Crippen LogP contribution is 2.37. The lowest BCUT2D eigenvalue weighted by Crippen LogP contribution is -2.34. The minimum atomic E-state index is -0.449. The van der Waals surface area contributed by atoms with Crippen LogP contribution in [0.1, 0.15) is 24.0 Å². The van der Waals surface area contributed by atoms with Crippen LogP contribution in [0.25, 0.3) is 4.85 Å². The molecule has 3 heterocycles. The van der Waals surface area contributed by atoms with Gasteiger partial charge < -0.3 is 15.0 Å². The van der Waals surface area contributed by atoms with E-state index < -0.39 is 5.56 Å². The number of aromatic amines is 1. The molecule has 0 atom stereocenters. The molecule has 2 aromatic rings. The fraction of sp³-hybridized carbons (Fsp3) is 0.389. The molecule has 7 heteroatoms. The zero-order valence-corrected chi connectivity index (χ0v) is 13.8. The molecule has 1 saturated heterocycles. The Balaban J connectivity index is 1.61. The molecule has 0 unspecified atom stereocenters. The molecule has 0 saturated carbocycles. The number of piperidine rings is 1. The van der Waals surface area contributed by atoms with E-state index in [1.54, 1.807) is 6.20 Å². The third-order valence-corrected chi connectivity index (χ3v) is 4.78. The van der Waals surface area contributed by atoms with Crippen LogP contribution in [-0.4, -0.2) is 29.4 Å². The molecule has 2 aliphatic rings. The number of nitrogens with one attached hydrogen (secondary N) is 2. The molecule has 1 aromatic carbocycles. The Kier molecular flexibility index (Phi) is 4.12. The number of rotatable bonds is 3. The molecular formula is C18H19N5O2. The quantitative estimate of drug-likeness (QED) is 0.838. The van der Waals surface area contributed by atoms with Crippen molar-refractivity contribution in [2.75, 3.05) is 18.0 Å². The molecule has 2 N–H and O–H groups in total. The maximum atomic E-state index is 11.8. The third-order valence-electron chi connectivity index (χ3n) is 4.78. The van der Waals surface area contributed by atoms with Gasteiger partial charge in [-0.15, -0.1) is 0 Å². The van der Waals surface area contributed by atoms with Crippen molar-refractivity contribution < 1.29 is 4.74 Å². The van der Waals surface area contributed by atoms with Gasteiger partial charge in [-0.25, -0.2) is 4.85 Å². The number of benzene rings is 1. The first-order chi connectivity index (χ1) is 12.3. The number of nitrogens with zero attached hydrogens (tertiary/aromatic N) is 3. The summed E-state index contributed by atoms with van der Waals surface area (Å²) in [5, 5.41) is 9.52. The standard InChI is InChI=1S/C18H19N5O2/c1-19-17-15(9-21-22-18(17)24)23-10-12-3-2-4-16(14(12)11-23)25-13-5-7-20-8-6-13/h2-4,9,13,20H,5-8,10-11H2,(H,22,24). The minimum Gasteiger partial charge on any atom is -0.490 e. The highest BCUT2D eigenvalue weighted by molar-refractivity contribution is 5.70. The zero-order valence-electron chi connectivity index (χ0n) is 13.8. The van der Waals surface area contributed by atoms with Crippen molar-refractivity contribution in [2.24, 2.45) is 0 Å². The van der Waals surface area contributed by atoms with Gasteiger partial charge in [-0.3, -0.25) is 9.89 Å². The molecular weight excluding hydrogens is 318 g/mol. The number of aromatic nitrogens is 2. The average Bonchev–Trinajstić information content (AvgIpc) is 3.07. The Morgan fingerprint density at radius 3 is 2.92 bits per heavy atom. The molecule has 0 bridgehead atoms. The summed E-state index contributed by atoms with van der Waals surface area (Å²) in [5.74, 6) is 0.911. The summed E-state index contributed by atoms with van der Waals surface area (Å²) >= 11 is 0. The van der Waals surface area contributed by atoms with E-state index in [1.807, 2.05) is 17.0 Å². The molecule has 4 rings (SSSR count). The topological polar surface area (TPSA) is 74.6 Å². The molecule has 0 aliphatic carbocycles. The predicted molar refractivity (Wildman–Crippen MR) is 94.0 cm³/mol. The minimum absolute atomic E-state index is 0.0867. The monoisotopic (exact) mass is 337 g/mol. The molecule has 128 valence electrons. The van der Waals surface area contributed by atoms with Crippen LogP contribution in [0.3, 0.4) is 0 Å². The van der Waals surface area contributed by atoms with Crippen LogP contribution in [0.4, 0.5) is 11.4 Å². The first-order valence-corrected chi connectivity index (χ1v) is 8.44. The second-order valence-corrected chi connectivity index (χ2v) is 6.36. The fourth-order valence-electron chi connectivity index (χ4n) is 3.49. The maximum absolute atomic E-state index is 11.8. The van der Waals surface area contributed by atoms with Crippen LogP contribution in [0.2, 0.25) is 0 Å². The van der Waals surface area contributed by atoms with Gasteiger partial charge in [-0.2, -0.15) is 5.10 Å². The first-order valence-electron chi connectivity index (χ1n) is 8.44. The number of hydrogen-bond donors (Lipinski definition) is 2. The number of fused-ring (bicyclic) bond motifs is 1. The highest BCUT2D eigenvalue weighted by Gasteiger charge is 2.26. The second-order valence-electron chi connectivity index (χ2n) is 6.36. The Hall–Kier alpha value is -2.85. The van der Waals surface area contributed by atoms with Crippen LogP contribution in [0.5, 0.6) is 5.75 Å². The maximum Gasteiger partial charge on any atom is 0.275 e. The molecule has 25 heavy (non-hydrogen) atoms. The van der Waals surface area contributed by atoms with Crippen LogP contribution in [-0.2, 0) is 13.1 Å². The molecule has 1 fully saturated rings. The Morgan fingerprint density at radius 1 is 1.28 bits per heavy atom. The van der Waals surface area contributed by atoms with E-state index in [2.05, 4.69) is 26.4 Å². The van der Waals surface area contributed by atoms with Gasteiger partial charge >= 0.3 is 0 Å². The Morgan fingerprint density at radius 2 is 2.12 bits per heavy atom. The Bertz CT molecular complexity index is 880.